The molecule has 1 heterocycles. The summed E-state index contributed by atoms with van der Waals surface area (Å²) in [5, 5.41) is 9.94. The Balaban J connectivity index is 2.64. The lowest BCUT2D eigenvalue weighted by Gasteiger charge is -2.17. The average molecular weight is 255 g/mol. The maximum Gasteiger partial charge on any atom is 0.311 e. The topological polar surface area (TPSA) is 46.5 Å². The molecule has 4 heteroatoms. The number of hydrogen-bond donors (Lipinski definition) is 1. The first-order valence-electron chi connectivity index (χ1n) is 5.67. The van der Waals surface area contributed by atoms with Gasteiger partial charge in [0, 0.05) is 10.6 Å². The Morgan fingerprint density at radius 3 is 2.88 bits per heavy atom. The lowest BCUT2D eigenvalue weighted by atomic mass is 9.90. The molecule has 0 amide bonds. The summed E-state index contributed by atoms with van der Waals surface area (Å²) in [7, 11) is 0. The van der Waals surface area contributed by atoms with Crippen LogP contribution in [0.2, 0.25) is 5.02 Å². The van der Waals surface area contributed by atoms with Crippen molar-refractivity contribution in [2.24, 2.45) is 0 Å². The number of halogens is 1. The van der Waals surface area contributed by atoms with Crippen molar-refractivity contribution in [2.75, 3.05) is 6.61 Å². The van der Waals surface area contributed by atoms with Crippen LogP contribution in [0.1, 0.15) is 35.4 Å². The van der Waals surface area contributed by atoms with Gasteiger partial charge in [-0.05, 0) is 43.9 Å². The molecule has 1 aliphatic rings. The number of benzene rings is 1. The zero-order valence-electron chi connectivity index (χ0n) is 9.92. The van der Waals surface area contributed by atoms with Crippen LogP contribution in [-0.4, -0.2) is 17.7 Å². The maximum absolute atomic E-state index is 11.3. The van der Waals surface area contributed by atoms with E-state index in [0.29, 0.717) is 23.8 Å². The largest absolute Gasteiger partial charge is 0.493 e. The first kappa shape index (κ1) is 12.2. The van der Waals surface area contributed by atoms with E-state index >= 15 is 0 Å². The first-order chi connectivity index (χ1) is 8.02. The Labute approximate surface area is 105 Å². The molecule has 92 valence electrons. The standard InChI is InChI=1S/C13H15ClO3/c1-7-6-10-11(8(2)12(7)14)9(13(15)16)4-3-5-17-10/h6,9H,3-5H2,1-2H3,(H,15,16). The third-order valence-electron chi connectivity index (χ3n) is 3.23. The predicted octanol–water partition coefficient (Wildman–Crippen LogP) is 3.30. The summed E-state index contributed by atoms with van der Waals surface area (Å²) in [5.74, 6) is -0.639. The van der Waals surface area contributed by atoms with Gasteiger partial charge in [0.1, 0.15) is 5.75 Å². The van der Waals surface area contributed by atoms with E-state index in [1.54, 1.807) is 0 Å². The number of ether oxygens (including phenoxy) is 1. The number of aliphatic carboxylic acids is 1. The van der Waals surface area contributed by atoms with Crippen molar-refractivity contribution in [3.05, 3.63) is 27.8 Å². The minimum Gasteiger partial charge on any atom is -0.493 e. The molecule has 1 atom stereocenters. The maximum atomic E-state index is 11.3. The smallest absolute Gasteiger partial charge is 0.311 e. The summed E-state index contributed by atoms with van der Waals surface area (Å²) in [6, 6.07) is 1.84. The third kappa shape index (κ3) is 2.12. The van der Waals surface area contributed by atoms with Crippen molar-refractivity contribution < 1.29 is 14.6 Å². The molecule has 1 unspecified atom stereocenters. The SMILES string of the molecule is Cc1cc2c(c(C)c1Cl)C(C(=O)O)CCCO2. The monoisotopic (exact) mass is 254 g/mol. The van der Waals surface area contributed by atoms with Gasteiger partial charge in [-0.1, -0.05) is 11.6 Å². The highest BCUT2D eigenvalue weighted by atomic mass is 35.5. The predicted molar refractivity (Wildman–Crippen MR) is 66.0 cm³/mol. The fourth-order valence-corrected chi connectivity index (χ4v) is 2.51. The summed E-state index contributed by atoms with van der Waals surface area (Å²) < 4.78 is 5.62. The van der Waals surface area contributed by atoms with Crippen molar-refractivity contribution in [3.8, 4) is 5.75 Å². The zero-order valence-corrected chi connectivity index (χ0v) is 10.7. The van der Waals surface area contributed by atoms with Crippen LogP contribution in [0.15, 0.2) is 6.07 Å². The van der Waals surface area contributed by atoms with Crippen molar-refractivity contribution in [1.82, 2.24) is 0 Å². The molecule has 1 aromatic carbocycles. The van der Waals surface area contributed by atoms with Crippen molar-refractivity contribution in [1.29, 1.82) is 0 Å². The first-order valence-corrected chi connectivity index (χ1v) is 6.05. The molecule has 0 spiro atoms. The van der Waals surface area contributed by atoms with Gasteiger partial charge in [-0.2, -0.15) is 0 Å². The van der Waals surface area contributed by atoms with Crippen molar-refractivity contribution in [3.63, 3.8) is 0 Å². The van der Waals surface area contributed by atoms with Crippen LogP contribution in [0.4, 0.5) is 0 Å². The Morgan fingerprint density at radius 2 is 2.24 bits per heavy atom. The van der Waals surface area contributed by atoms with Crippen LogP contribution in [0.25, 0.3) is 0 Å². The summed E-state index contributed by atoms with van der Waals surface area (Å²) in [6.07, 6.45) is 1.35. The van der Waals surface area contributed by atoms with E-state index in [2.05, 4.69) is 0 Å². The fraction of sp³-hybridized carbons (Fsp3) is 0.462. The lowest BCUT2D eigenvalue weighted by molar-refractivity contribution is -0.138. The van der Waals surface area contributed by atoms with E-state index in [1.807, 2.05) is 19.9 Å². The lowest BCUT2D eigenvalue weighted by Crippen LogP contribution is -2.12. The summed E-state index contributed by atoms with van der Waals surface area (Å²) in [6.45, 7) is 4.33. The Morgan fingerprint density at radius 1 is 1.53 bits per heavy atom. The normalized spacial score (nSPS) is 19.1. The molecule has 3 nitrogen and oxygen atoms in total. The Bertz CT molecular complexity index is 468. The summed E-state index contributed by atoms with van der Waals surface area (Å²) >= 11 is 6.19. The van der Waals surface area contributed by atoms with Crippen molar-refractivity contribution >= 4 is 17.6 Å². The van der Waals surface area contributed by atoms with Gasteiger partial charge < -0.3 is 9.84 Å². The van der Waals surface area contributed by atoms with Crippen LogP contribution in [0.5, 0.6) is 5.75 Å². The minimum atomic E-state index is -0.806. The highest BCUT2D eigenvalue weighted by Gasteiger charge is 2.29. The van der Waals surface area contributed by atoms with Gasteiger partial charge in [-0.3, -0.25) is 4.79 Å². The molecule has 0 saturated carbocycles. The van der Waals surface area contributed by atoms with E-state index in [4.69, 9.17) is 16.3 Å². The second-order valence-electron chi connectivity index (χ2n) is 4.43. The van der Waals surface area contributed by atoms with Gasteiger partial charge in [0.2, 0.25) is 0 Å². The molecule has 1 aliphatic heterocycles. The quantitative estimate of drug-likeness (QED) is 0.836. The molecule has 0 aromatic heterocycles. The fourth-order valence-electron chi connectivity index (χ4n) is 2.35. The Kier molecular flexibility index (Phi) is 3.29. The molecule has 0 aliphatic carbocycles. The number of carboxylic acids is 1. The molecule has 17 heavy (non-hydrogen) atoms. The number of carboxylic acid groups (broad SMARTS) is 1. The summed E-state index contributed by atoms with van der Waals surface area (Å²) in [5.41, 5.74) is 2.50. The second kappa shape index (κ2) is 4.57. The highest BCUT2D eigenvalue weighted by molar-refractivity contribution is 6.32. The van der Waals surface area contributed by atoms with E-state index in [0.717, 1.165) is 23.1 Å². The minimum absolute atomic E-state index is 0.509. The molecule has 0 bridgehead atoms. The third-order valence-corrected chi connectivity index (χ3v) is 3.82. The second-order valence-corrected chi connectivity index (χ2v) is 4.80. The van der Waals surface area contributed by atoms with Gasteiger partial charge in [-0.15, -0.1) is 0 Å². The van der Waals surface area contributed by atoms with Crippen molar-refractivity contribution in [2.45, 2.75) is 32.6 Å². The van der Waals surface area contributed by atoms with E-state index < -0.39 is 11.9 Å². The van der Waals surface area contributed by atoms with Crippen LogP contribution < -0.4 is 4.74 Å². The summed E-state index contributed by atoms with van der Waals surface area (Å²) in [4.78, 5) is 11.3. The molecule has 0 fully saturated rings. The number of rotatable bonds is 1. The van der Waals surface area contributed by atoms with Crippen LogP contribution in [-0.2, 0) is 4.79 Å². The molecular weight excluding hydrogens is 240 g/mol. The van der Waals surface area contributed by atoms with Gasteiger partial charge in [0.05, 0.1) is 12.5 Å². The zero-order chi connectivity index (χ0) is 12.6. The van der Waals surface area contributed by atoms with Gasteiger partial charge in [0.15, 0.2) is 0 Å². The van der Waals surface area contributed by atoms with Gasteiger partial charge >= 0.3 is 5.97 Å². The van der Waals surface area contributed by atoms with E-state index in [-0.39, 0.29) is 0 Å². The molecule has 1 N–H and O–H groups in total. The number of hydrogen-bond acceptors (Lipinski definition) is 2. The van der Waals surface area contributed by atoms with Gasteiger partial charge in [0.25, 0.3) is 0 Å². The highest BCUT2D eigenvalue weighted by Crippen LogP contribution is 2.40. The molecule has 1 aromatic rings. The molecule has 2 rings (SSSR count). The van der Waals surface area contributed by atoms with Crippen LogP contribution in [0, 0.1) is 13.8 Å². The number of fused-ring (bicyclic) bond motifs is 1. The molecule has 0 radical (unpaired) electrons. The van der Waals surface area contributed by atoms with E-state index in [1.165, 1.54) is 0 Å². The van der Waals surface area contributed by atoms with Crippen LogP contribution >= 0.6 is 11.6 Å². The molecule has 0 saturated heterocycles. The van der Waals surface area contributed by atoms with Crippen LogP contribution in [0.3, 0.4) is 0 Å². The van der Waals surface area contributed by atoms with E-state index in [9.17, 15) is 9.90 Å². The average Bonchev–Trinajstić information content (AvgIpc) is 2.48. The Hall–Kier alpha value is -1.22. The number of aryl methyl sites for hydroxylation is 1. The number of carbonyl (C=O) groups is 1. The molecular formula is C13H15ClO3. The van der Waals surface area contributed by atoms with Gasteiger partial charge in [-0.25, -0.2) is 0 Å².